The highest BCUT2D eigenvalue weighted by Crippen LogP contribution is 2.39. The van der Waals surface area contributed by atoms with E-state index in [1.165, 1.54) is 61.9 Å². The Morgan fingerprint density at radius 1 is 1.10 bits per heavy atom. The van der Waals surface area contributed by atoms with Crippen LogP contribution >= 0.6 is 0 Å². The molecule has 1 aromatic carbocycles. The predicted octanol–water partition coefficient (Wildman–Crippen LogP) is 4.12. The number of likely N-dealkylation sites (tertiary alicyclic amines) is 1. The zero-order valence-electron chi connectivity index (χ0n) is 12.3. The molecular formula is C18H23NO. The summed E-state index contributed by atoms with van der Waals surface area (Å²) in [6, 6.07) is 6.69. The van der Waals surface area contributed by atoms with Gasteiger partial charge < -0.3 is 9.32 Å². The standard InChI is InChI=1S/C18H23NO/c1-19-11-9-13(10-12-19)14-6-4-8-17-18(14)15-5-2-3-7-16(15)20-17/h4,6,8,13H,2-3,5,7,9-12H2,1H3. The van der Waals surface area contributed by atoms with Crippen LogP contribution in [0.2, 0.25) is 0 Å². The van der Waals surface area contributed by atoms with Crippen molar-refractivity contribution >= 4 is 11.0 Å². The Morgan fingerprint density at radius 3 is 2.75 bits per heavy atom. The second-order valence-electron chi connectivity index (χ2n) is 6.51. The van der Waals surface area contributed by atoms with Crippen LogP contribution in [0.15, 0.2) is 22.6 Å². The van der Waals surface area contributed by atoms with Gasteiger partial charge in [0.15, 0.2) is 0 Å². The Bertz CT molecular complexity index is 620. The lowest BCUT2D eigenvalue weighted by Gasteiger charge is -2.29. The number of benzene rings is 1. The van der Waals surface area contributed by atoms with Crippen LogP contribution in [0.3, 0.4) is 0 Å². The van der Waals surface area contributed by atoms with Gasteiger partial charge in [-0.3, -0.25) is 0 Å². The van der Waals surface area contributed by atoms with Crippen LogP contribution in [-0.4, -0.2) is 25.0 Å². The van der Waals surface area contributed by atoms with Crippen LogP contribution < -0.4 is 0 Å². The maximum Gasteiger partial charge on any atom is 0.134 e. The molecule has 1 aromatic heterocycles. The van der Waals surface area contributed by atoms with Crippen LogP contribution in [0.4, 0.5) is 0 Å². The van der Waals surface area contributed by atoms with Crippen molar-refractivity contribution in [3.63, 3.8) is 0 Å². The zero-order valence-corrected chi connectivity index (χ0v) is 12.3. The number of furan rings is 1. The first-order valence-corrected chi connectivity index (χ1v) is 8.04. The molecule has 1 saturated heterocycles. The topological polar surface area (TPSA) is 16.4 Å². The fourth-order valence-electron chi connectivity index (χ4n) is 4.00. The fourth-order valence-corrected chi connectivity index (χ4v) is 4.00. The van der Waals surface area contributed by atoms with Crippen LogP contribution in [0.25, 0.3) is 11.0 Å². The van der Waals surface area contributed by atoms with E-state index in [0.717, 1.165) is 17.9 Å². The molecule has 4 rings (SSSR count). The van der Waals surface area contributed by atoms with Crippen molar-refractivity contribution in [2.45, 2.75) is 44.4 Å². The maximum absolute atomic E-state index is 6.13. The minimum atomic E-state index is 0.721. The van der Waals surface area contributed by atoms with Crippen LogP contribution in [-0.2, 0) is 12.8 Å². The smallest absolute Gasteiger partial charge is 0.134 e. The fraction of sp³-hybridized carbons (Fsp3) is 0.556. The van der Waals surface area contributed by atoms with Gasteiger partial charge in [0, 0.05) is 17.4 Å². The zero-order chi connectivity index (χ0) is 13.5. The molecule has 0 amide bonds. The molecule has 0 saturated carbocycles. The van der Waals surface area contributed by atoms with Crippen molar-refractivity contribution in [1.82, 2.24) is 4.90 Å². The van der Waals surface area contributed by atoms with E-state index in [2.05, 4.69) is 30.1 Å². The van der Waals surface area contributed by atoms with Crippen molar-refractivity contribution < 1.29 is 4.42 Å². The van der Waals surface area contributed by atoms with Gasteiger partial charge in [0.25, 0.3) is 0 Å². The molecule has 1 fully saturated rings. The number of hydrogen-bond acceptors (Lipinski definition) is 2. The highest BCUT2D eigenvalue weighted by Gasteiger charge is 2.25. The van der Waals surface area contributed by atoms with Crippen molar-refractivity contribution in [1.29, 1.82) is 0 Å². The Morgan fingerprint density at radius 2 is 1.90 bits per heavy atom. The molecule has 0 radical (unpaired) electrons. The van der Waals surface area contributed by atoms with Gasteiger partial charge in [-0.05, 0) is 69.8 Å². The van der Waals surface area contributed by atoms with Gasteiger partial charge in [0.05, 0.1) is 0 Å². The maximum atomic E-state index is 6.13. The lowest BCUT2D eigenvalue weighted by atomic mass is 9.85. The van der Waals surface area contributed by atoms with Gasteiger partial charge in [-0.2, -0.15) is 0 Å². The van der Waals surface area contributed by atoms with Gasteiger partial charge in [-0.1, -0.05) is 12.1 Å². The van der Waals surface area contributed by atoms with E-state index in [9.17, 15) is 0 Å². The molecule has 2 heterocycles. The average molecular weight is 269 g/mol. The van der Waals surface area contributed by atoms with Gasteiger partial charge in [0.1, 0.15) is 11.3 Å². The summed E-state index contributed by atoms with van der Waals surface area (Å²) < 4.78 is 6.13. The van der Waals surface area contributed by atoms with E-state index in [4.69, 9.17) is 4.42 Å². The minimum absolute atomic E-state index is 0.721. The Hall–Kier alpha value is -1.28. The highest BCUT2D eigenvalue weighted by molar-refractivity contribution is 5.86. The largest absolute Gasteiger partial charge is 0.461 e. The second-order valence-corrected chi connectivity index (χ2v) is 6.51. The number of aryl methyl sites for hydroxylation is 2. The molecule has 2 aromatic rings. The lowest BCUT2D eigenvalue weighted by Crippen LogP contribution is -2.29. The first kappa shape index (κ1) is 12.5. The molecule has 0 unspecified atom stereocenters. The SMILES string of the molecule is CN1CCC(c2cccc3oc4c(c23)CCCC4)CC1. The molecule has 0 N–H and O–H groups in total. The van der Waals surface area contributed by atoms with E-state index >= 15 is 0 Å². The summed E-state index contributed by atoms with van der Waals surface area (Å²) in [5.41, 5.74) is 4.22. The Balaban J connectivity index is 1.80. The quantitative estimate of drug-likeness (QED) is 0.774. The summed E-state index contributed by atoms with van der Waals surface area (Å²) in [7, 11) is 2.23. The van der Waals surface area contributed by atoms with Crippen molar-refractivity contribution in [3.8, 4) is 0 Å². The molecule has 0 bridgehead atoms. The summed E-state index contributed by atoms with van der Waals surface area (Å²) in [4.78, 5) is 2.45. The molecule has 1 aliphatic carbocycles. The highest BCUT2D eigenvalue weighted by atomic mass is 16.3. The van der Waals surface area contributed by atoms with Crippen molar-refractivity contribution in [3.05, 3.63) is 35.1 Å². The monoisotopic (exact) mass is 269 g/mol. The van der Waals surface area contributed by atoms with Crippen LogP contribution in [0.5, 0.6) is 0 Å². The van der Waals surface area contributed by atoms with E-state index in [0.29, 0.717) is 0 Å². The molecule has 20 heavy (non-hydrogen) atoms. The van der Waals surface area contributed by atoms with Gasteiger partial charge in [-0.25, -0.2) is 0 Å². The molecule has 106 valence electrons. The van der Waals surface area contributed by atoms with Crippen LogP contribution in [0.1, 0.15) is 48.5 Å². The number of rotatable bonds is 1. The number of piperidine rings is 1. The van der Waals surface area contributed by atoms with E-state index in [1.807, 2.05) is 0 Å². The first-order valence-electron chi connectivity index (χ1n) is 8.04. The normalized spacial score (nSPS) is 21.2. The summed E-state index contributed by atoms with van der Waals surface area (Å²) >= 11 is 0. The second kappa shape index (κ2) is 4.92. The molecule has 0 atom stereocenters. The lowest BCUT2D eigenvalue weighted by molar-refractivity contribution is 0.256. The van der Waals surface area contributed by atoms with Gasteiger partial charge >= 0.3 is 0 Å². The number of hydrogen-bond donors (Lipinski definition) is 0. The Kier molecular flexibility index (Phi) is 3.07. The molecule has 1 aliphatic heterocycles. The van der Waals surface area contributed by atoms with E-state index < -0.39 is 0 Å². The molecule has 2 aliphatic rings. The third kappa shape index (κ3) is 1.98. The first-order chi connectivity index (χ1) is 9.83. The van der Waals surface area contributed by atoms with Gasteiger partial charge in [0.2, 0.25) is 0 Å². The predicted molar refractivity (Wildman–Crippen MR) is 82.3 cm³/mol. The third-order valence-electron chi connectivity index (χ3n) is 5.17. The van der Waals surface area contributed by atoms with E-state index in [-0.39, 0.29) is 0 Å². The van der Waals surface area contributed by atoms with E-state index in [1.54, 1.807) is 5.56 Å². The molecular weight excluding hydrogens is 246 g/mol. The molecule has 2 nitrogen and oxygen atoms in total. The van der Waals surface area contributed by atoms with Crippen molar-refractivity contribution in [2.75, 3.05) is 20.1 Å². The Labute approximate surface area is 120 Å². The van der Waals surface area contributed by atoms with Gasteiger partial charge in [-0.15, -0.1) is 0 Å². The van der Waals surface area contributed by atoms with Crippen LogP contribution in [0, 0.1) is 0 Å². The summed E-state index contributed by atoms with van der Waals surface area (Å²) in [5.74, 6) is 1.99. The molecule has 0 spiro atoms. The summed E-state index contributed by atoms with van der Waals surface area (Å²) in [6.45, 7) is 2.45. The number of fused-ring (bicyclic) bond motifs is 3. The summed E-state index contributed by atoms with van der Waals surface area (Å²) in [6.07, 6.45) is 7.54. The molecule has 2 heteroatoms. The average Bonchev–Trinajstić information content (AvgIpc) is 2.86. The number of nitrogens with zero attached hydrogens (tertiary/aromatic N) is 1. The minimum Gasteiger partial charge on any atom is -0.461 e. The summed E-state index contributed by atoms with van der Waals surface area (Å²) in [5, 5.41) is 1.47. The van der Waals surface area contributed by atoms with Crippen molar-refractivity contribution in [2.24, 2.45) is 0 Å². The third-order valence-corrected chi connectivity index (χ3v) is 5.17.